The number of benzene rings is 1. The SMILES string of the molecule is CC(O)(CNCc1cc2ccccc2[nH]c1=O)c1cccs1. The van der Waals surface area contributed by atoms with Gasteiger partial charge >= 0.3 is 0 Å². The van der Waals surface area contributed by atoms with Crippen LogP contribution >= 0.6 is 11.3 Å². The van der Waals surface area contributed by atoms with Crippen molar-refractivity contribution >= 4 is 22.2 Å². The lowest BCUT2D eigenvalue weighted by Crippen LogP contribution is -2.35. The summed E-state index contributed by atoms with van der Waals surface area (Å²) in [5, 5.41) is 16.6. The molecular weight excluding hydrogens is 296 g/mol. The molecule has 0 saturated heterocycles. The van der Waals surface area contributed by atoms with Crippen molar-refractivity contribution in [3.63, 3.8) is 0 Å². The molecule has 3 N–H and O–H groups in total. The smallest absolute Gasteiger partial charge is 0.252 e. The molecule has 0 aliphatic rings. The molecular formula is C17H18N2O2S. The summed E-state index contributed by atoms with van der Waals surface area (Å²) < 4.78 is 0. The summed E-state index contributed by atoms with van der Waals surface area (Å²) in [7, 11) is 0. The van der Waals surface area contributed by atoms with Crippen LogP contribution in [0.4, 0.5) is 0 Å². The Morgan fingerprint density at radius 3 is 2.86 bits per heavy atom. The molecule has 114 valence electrons. The van der Waals surface area contributed by atoms with Crippen LogP contribution in [-0.4, -0.2) is 16.6 Å². The normalized spacial score (nSPS) is 14.1. The molecule has 0 spiro atoms. The van der Waals surface area contributed by atoms with Crippen molar-refractivity contribution in [3.8, 4) is 0 Å². The zero-order valence-electron chi connectivity index (χ0n) is 12.3. The number of hydrogen-bond acceptors (Lipinski definition) is 4. The van der Waals surface area contributed by atoms with E-state index in [1.54, 1.807) is 6.92 Å². The standard InChI is InChI=1S/C17H18N2O2S/c1-17(21,15-7-4-8-22-15)11-18-10-13-9-12-5-2-3-6-14(12)19-16(13)20/h2-9,18,21H,10-11H2,1H3,(H,19,20). The predicted octanol–water partition coefficient (Wildman–Crippen LogP) is 2.59. The maximum atomic E-state index is 12.1. The first kappa shape index (κ1) is 15.0. The van der Waals surface area contributed by atoms with Gasteiger partial charge in [-0.2, -0.15) is 0 Å². The monoisotopic (exact) mass is 314 g/mol. The Labute approximate surface area is 132 Å². The molecule has 22 heavy (non-hydrogen) atoms. The van der Waals surface area contributed by atoms with Gasteiger partial charge in [0.2, 0.25) is 0 Å². The summed E-state index contributed by atoms with van der Waals surface area (Å²) in [4.78, 5) is 15.8. The van der Waals surface area contributed by atoms with Crippen molar-refractivity contribution in [1.82, 2.24) is 10.3 Å². The summed E-state index contributed by atoms with van der Waals surface area (Å²) in [6.07, 6.45) is 0. The van der Waals surface area contributed by atoms with Gasteiger partial charge in [0.25, 0.3) is 5.56 Å². The zero-order valence-corrected chi connectivity index (χ0v) is 13.1. The highest BCUT2D eigenvalue weighted by Crippen LogP contribution is 2.24. The molecule has 1 unspecified atom stereocenters. The van der Waals surface area contributed by atoms with Crippen LogP contribution in [0.25, 0.3) is 10.9 Å². The van der Waals surface area contributed by atoms with Gasteiger partial charge in [0.05, 0.1) is 0 Å². The Kier molecular flexibility index (Phi) is 4.11. The summed E-state index contributed by atoms with van der Waals surface area (Å²) in [6.45, 7) is 2.58. The van der Waals surface area contributed by atoms with E-state index in [9.17, 15) is 9.90 Å². The Bertz CT molecular complexity index is 822. The van der Waals surface area contributed by atoms with E-state index in [1.165, 1.54) is 11.3 Å². The lowest BCUT2D eigenvalue weighted by molar-refractivity contribution is 0.0604. The minimum atomic E-state index is -0.933. The van der Waals surface area contributed by atoms with Crippen molar-refractivity contribution < 1.29 is 5.11 Å². The van der Waals surface area contributed by atoms with E-state index in [0.717, 1.165) is 15.8 Å². The number of H-pyrrole nitrogens is 1. The number of pyridine rings is 1. The molecule has 3 rings (SSSR count). The van der Waals surface area contributed by atoms with Crippen LogP contribution in [0, 0.1) is 0 Å². The van der Waals surface area contributed by atoms with Crippen LogP contribution in [0.2, 0.25) is 0 Å². The van der Waals surface area contributed by atoms with Gasteiger partial charge in [-0.05, 0) is 35.9 Å². The van der Waals surface area contributed by atoms with Gasteiger partial charge in [-0.15, -0.1) is 11.3 Å². The van der Waals surface area contributed by atoms with Gasteiger partial charge in [0.15, 0.2) is 0 Å². The van der Waals surface area contributed by atoms with Crippen LogP contribution in [0.3, 0.4) is 0 Å². The number of aromatic amines is 1. The average molecular weight is 314 g/mol. The number of nitrogens with one attached hydrogen (secondary N) is 2. The zero-order chi connectivity index (χ0) is 15.6. The first-order valence-corrected chi connectivity index (χ1v) is 8.02. The number of para-hydroxylation sites is 1. The minimum absolute atomic E-state index is 0.0954. The maximum absolute atomic E-state index is 12.1. The highest BCUT2D eigenvalue weighted by Gasteiger charge is 2.23. The van der Waals surface area contributed by atoms with Crippen molar-refractivity contribution in [1.29, 1.82) is 0 Å². The number of fused-ring (bicyclic) bond motifs is 1. The summed E-state index contributed by atoms with van der Waals surface area (Å²) >= 11 is 1.52. The van der Waals surface area contributed by atoms with Gasteiger partial charge in [0, 0.05) is 29.0 Å². The molecule has 1 aromatic carbocycles. The van der Waals surface area contributed by atoms with Crippen LogP contribution in [-0.2, 0) is 12.1 Å². The largest absolute Gasteiger partial charge is 0.383 e. The molecule has 0 radical (unpaired) electrons. The fourth-order valence-electron chi connectivity index (χ4n) is 2.44. The first-order chi connectivity index (χ1) is 10.6. The number of rotatable bonds is 5. The quantitative estimate of drug-likeness (QED) is 0.678. The van der Waals surface area contributed by atoms with Crippen LogP contribution in [0.1, 0.15) is 17.4 Å². The molecule has 1 atom stereocenters. The van der Waals surface area contributed by atoms with Crippen molar-refractivity contribution in [2.45, 2.75) is 19.1 Å². The van der Waals surface area contributed by atoms with Crippen LogP contribution < -0.4 is 10.9 Å². The second-order valence-corrected chi connectivity index (χ2v) is 6.51. The van der Waals surface area contributed by atoms with E-state index in [4.69, 9.17) is 0 Å². The molecule has 0 aliphatic carbocycles. The van der Waals surface area contributed by atoms with E-state index < -0.39 is 5.60 Å². The van der Waals surface area contributed by atoms with Gasteiger partial charge in [-0.1, -0.05) is 24.3 Å². The molecule has 0 aliphatic heterocycles. The second kappa shape index (κ2) is 6.04. The molecule has 0 fully saturated rings. The van der Waals surface area contributed by atoms with E-state index in [2.05, 4.69) is 10.3 Å². The Morgan fingerprint density at radius 2 is 2.09 bits per heavy atom. The number of aromatic nitrogens is 1. The van der Waals surface area contributed by atoms with Crippen molar-refractivity contribution in [3.05, 3.63) is 68.6 Å². The summed E-state index contributed by atoms with van der Waals surface area (Å²) in [5.41, 5.74) is 0.474. The van der Waals surface area contributed by atoms with Crippen LogP contribution in [0.15, 0.2) is 52.6 Å². The van der Waals surface area contributed by atoms with E-state index >= 15 is 0 Å². The molecule has 0 bridgehead atoms. The number of aliphatic hydroxyl groups is 1. The summed E-state index contributed by atoms with van der Waals surface area (Å²) in [6, 6.07) is 13.4. The second-order valence-electron chi connectivity index (χ2n) is 5.57. The minimum Gasteiger partial charge on any atom is -0.383 e. The third-order valence-electron chi connectivity index (χ3n) is 3.67. The molecule has 2 heterocycles. The highest BCUT2D eigenvalue weighted by atomic mass is 32.1. The van der Waals surface area contributed by atoms with Gasteiger partial charge < -0.3 is 15.4 Å². The first-order valence-electron chi connectivity index (χ1n) is 7.14. The topological polar surface area (TPSA) is 65.1 Å². The van der Waals surface area contributed by atoms with E-state index in [-0.39, 0.29) is 5.56 Å². The molecule has 5 heteroatoms. The summed E-state index contributed by atoms with van der Waals surface area (Å²) in [5.74, 6) is 0. The third-order valence-corrected chi connectivity index (χ3v) is 4.79. The van der Waals surface area contributed by atoms with E-state index in [1.807, 2.05) is 47.8 Å². The lowest BCUT2D eigenvalue weighted by atomic mass is 10.1. The maximum Gasteiger partial charge on any atom is 0.252 e. The molecule has 3 aromatic rings. The van der Waals surface area contributed by atoms with Crippen molar-refractivity contribution in [2.24, 2.45) is 0 Å². The predicted molar refractivity (Wildman–Crippen MR) is 90.2 cm³/mol. The molecule has 0 saturated carbocycles. The van der Waals surface area contributed by atoms with Crippen LogP contribution in [0.5, 0.6) is 0 Å². The Hall–Kier alpha value is -1.95. The average Bonchev–Trinajstić information content (AvgIpc) is 3.03. The van der Waals surface area contributed by atoms with Gasteiger partial charge in [-0.3, -0.25) is 4.79 Å². The van der Waals surface area contributed by atoms with E-state index in [0.29, 0.717) is 18.7 Å². The Balaban J connectivity index is 1.72. The molecule has 2 aromatic heterocycles. The third kappa shape index (κ3) is 3.11. The molecule has 4 nitrogen and oxygen atoms in total. The number of thiophene rings is 1. The van der Waals surface area contributed by atoms with Crippen molar-refractivity contribution in [2.75, 3.05) is 6.54 Å². The number of hydrogen-bond donors (Lipinski definition) is 3. The fraction of sp³-hybridized carbons (Fsp3) is 0.235. The van der Waals surface area contributed by atoms with Gasteiger partial charge in [-0.25, -0.2) is 0 Å². The lowest BCUT2D eigenvalue weighted by Gasteiger charge is -2.22. The highest BCUT2D eigenvalue weighted by molar-refractivity contribution is 7.10. The fourth-order valence-corrected chi connectivity index (χ4v) is 3.22. The molecule has 0 amide bonds. The van der Waals surface area contributed by atoms with Gasteiger partial charge in [0.1, 0.15) is 5.60 Å². The Morgan fingerprint density at radius 1 is 1.27 bits per heavy atom.